The molecule has 1 saturated heterocycles. The number of carbonyl (C=O) groups excluding carboxylic acids is 2. The predicted octanol–water partition coefficient (Wildman–Crippen LogP) is 5.72. The second-order valence-corrected chi connectivity index (χ2v) is 11.4. The maximum Gasteiger partial charge on any atom is 0.270 e. The average molecular weight is 525 g/mol. The van der Waals surface area contributed by atoms with Crippen molar-refractivity contribution < 1.29 is 27.8 Å². The molecule has 0 aromatic heterocycles. The van der Waals surface area contributed by atoms with E-state index in [0.717, 1.165) is 44.4 Å². The van der Waals surface area contributed by atoms with E-state index in [1.54, 1.807) is 6.07 Å². The van der Waals surface area contributed by atoms with Gasteiger partial charge in [0, 0.05) is 56.1 Å². The van der Waals surface area contributed by atoms with Crippen LogP contribution in [0.4, 0.5) is 14.5 Å². The maximum absolute atomic E-state index is 13.5. The first-order valence-corrected chi connectivity index (χ1v) is 13.7. The highest BCUT2D eigenvalue weighted by molar-refractivity contribution is 5.94. The highest BCUT2D eigenvalue weighted by atomic mass is 19.3. The monoisotopic (exact) mass is 524 g/mol. The molecule has 38 heavy (non-hydrogen) atoms. The molecule has 3 atom stereocenters. The Bertz CT molecular complexity index is 1210. The number of anilines is 1. The van der Waals surface area contributed by atoms with Crippen molar-refractivity contribution in [1.82, 2.24) is 4.90 Å². The standard InChI is InChI=1S/C30H34F2N2O4/c1-30(31,32)20-3-2-4-21(14-20)33-28(36)12-10-25(35)29-23-15-34(16-24(23)29)22-8-5-18(6-9-22)19-7-11-26-27(13-19)38-17-37-26/h2-4,7,11,13-14,18,22-24,29H,5-6,8-10,12,15-17H2,1H3,(H,33,36)/t18?,22?,23-,24+,29?. The van der Waals surface area contributed by atoms with Crippen LogP contribution in [0.2, 0.25) is 0 Å². The first kappa shape index (κ1) is 25.3. The number of ether oxygens (including phenoxy) is 2. The lowest BCUT2D eigenvalue weighted by Gasteiger charge is -2.36. The molecular formula is C30H34F2N2O4. The molecule has 1 unspecified atom stereocenters. The number of ketones is 1. The van der Waals surface area contributed by atoms with Gasteiger partial charge in [-0.25, -0.2) is 8.78 Å². The van der Waals surface area contributed by atoms with Crippen molar-refractivity contribution in [2.45, 2.75) is 63.3 Å². The van der Waals surface area contributed by atoms with Crippen molar-refractivity contribution in [3.63, 3.8) is 0 Å². The number of Topliss-reactive ketones (excluding diaryl/α,β-unsaturated/α-hetero) is 1. The molecule has 1 amide bonds. The summed E-state index contributed by atoms with van der Waals surface area (Å²) in [6, 6.07) is 12.6. The average Bonchev–Trinajstić information content (AvgIpc) is 3.22. The van der Waals surface area contributed by atoms with Crippen molar-refractivity contribution >= 4 is 17.4 Å². The molecule has 3 fully saturated rings. The van der Waals surface area contributed by atoms with Crippen molar-refractivity contribution in [1.29, 1.82) is 0 Å². The summed E-state index contributed by atoms with van der Waals surface area (Å²) in [6.07, 6.45) is 4.94. The summed E-state index contributed by atoms with van der Waals surface area (Å²) in [5.41, 5.74) is 1.51. The highest BCUT2D eigenvalue weighted by Crippen LogP contribution is 2.54. The summed E-state index contributed by atoms with van der Waals surface area (Å²) >= 11 is 0. The third-order valence-corrected chi connectivity index (χ3v) is 8.93. The minimum absolute atomic E-state index is 0.0751. The Morgan fingerprint density at radius 1 is 0.974 bits per heavy atom. The third-order valence-electron chi connectivity index (χ3n) is 8.93. The van der Waals surface area contributed by atoms with Crippen molar-refractivity contribution in [3.05, 3.63) is 53.6 Å². The highest BCUT2D eigenvalue weighted by Gasteiger charge is 2.59. The molecular weight excluding hydrogens is 490 g/mol. The largest absolute Gasteiger partial charge is 0.454 e. The first-order chi connectivity index (χ1) is 18.3. The number of rotatable bonds is 8. The molecule has 2 aliphatic carbocycles. The summed E-state index contributed by atoms with van der Waals surface area (Å²) in [6.45, 7) is 3.08. The van der Waals surface area contributed by atoms with Crippen molar-refractivity contribution in [2.24, 2.45) is 17.8 Å². The van der Waals surface area contributed by atoms with Gasteiger partial charge < -0.3 is 14.8 Å². The number of piperidine rings is 1. The van der Waals surface area contributed by atoms with Crippen LogP contribution in [0.5, 0.6) is 11.5 Å². The number of benzene rings is 2. The lowest BCUT2D eigenvalue weighted by molar-refractivity contribution is -0.124. The Hall–Kier alpha value is -3.00. The molecule has 2 heterocycles. The minimum atomic E-state index is -2.97. The number of likely N-dealkylation sites (tertiary alicyclic amines) is 1. The Morgan fingerprint density at radius 3 is 2.45 bits per heavy atom. The molecule has 2 saturated carbocycles. The Balaban J connectivity index is 0.927. The number of alkyl halides is 2. The van der Waals surface area contributed by atoms with E-state index in [1.807, 2.05) is 6.07 Å². The lowest BCUT2D eigenvalue weighted by atomic mass is 9.81. The number of nitrogens with zero attached hydrogens (tertiary/aromatic N) is 1. The minimum Gasteiger partial charge on any atom is -0.454 e. The second-order valence-electron chi connectivity index (χ2n) is 11.4. The molecule has 0 radical (unpaired) electrons. The van der Waals surface area contributed by atoms with Gasteiger partial charge in [0.1, 0.15) is 5.78 Å². The number of carbonyl (C=O) groups is 2. The lowest BCUT2D eigenvalue weighted by Crippen LogP contribution is -2.38. The molecule has 2 aromatic rings. The first-order valence-electron chi connectivity index (χ1n) is 13.7. The van der Waals surface area contributed by atoms with Gasteiger partial charge in [-0.2, -0.15) is 0 Å². The van der Waals surface area contributed by atoms with Crippen LogP contribution in [-0.4, -0.2) is 42.5 Å². The third kappa shape index (κ3) is 5.15. The predicted molar refractivity (Wildman–Crippen MR) is 138 cm³/mol. The smallest absolute Gasteiger partial charge is 0.270 e. The van der Waals surface area contributed by atoms with Gasteiger partial charge in [-0.3, -0.25) is 14.5 Å². The van der Waals surface area contributed by atoms with Gasteiger partial charge in [0.15, 0.2) is 11.5 Å². The Labute approximate surface area is 221 Å². The van der Waals surface area contributed by atoms with E-state index in [1.165, 1.54) is 36.6 Å². The quantitative estimate of drug-likeness (QED) is 0.479. The van der Waals surface area contributed by atoms with Crippen molar-refractivity contribution in [2.75, 3.05) is 25.2 Å². The molecule has 8 heteroatoms. The van der Waals surface area contributed by atoms with E-state index in [9.17, 15) is 18.4 Å². The molecule has 202 valence electrons. The van der Waals surface area contributed by atoms with Crippen LogP contribution in [0.1, 0.15) is 62.5 Å². The van der Waals surface area contributed by atoms with Crippen LogP contribution in [-0.2, 0) is 15.5 Å². The fourth-order valence-electron chi connectivity index (χ4n) is 6.77. The number of halogens is 2. The van der Waals surface area contributed by atoms with Gasteiger partial charge in [-0.1, -0.05) is 18.2 Å². The van der Waals surface area contributed by atoms with Gasteiger partial charge in [-0.05, 0) is 73.3 Å². The molecule has 4 aliphatic rings. The molecule has 6 nitrogen and oxygen atoms in total. The molecule has 0 spiro atoms. The van der Waals surface area contributed by atoms with Gasteiger partial charge in [-0.15, -0.1) is 0 Å². The fraction of sp³-hybridized carbons (Fsp3) is 0.533. The van der Waals surface area contributed by atoms with Crippen LogP contribution >= 0.6 is 0 Å². The molecule has 2 aromatic carbocycles. The number of fused-ring (bicyclic) bond motifs is 2. The van der Waals surface area contributed by atoms with Crippen LogP contribution < -0.4 is 14.8 Å². The van der Waals surface area contributed by atoms with Crippen LogP contribution in [0.25, 0.3) is 0 Å². The number of amides is 1. The molecule has 6 rings (SSSR count). The summed E-state index contributed by atoms with van der Waals surface area (Å²) in [4.78, 5) is 27.7. The van der Waals surface area contributed by atoms with E-state index in [0.29, 0.717) is 36.3 Å². The topological polar surface area (TPSA) is 67.9 Å². The van der Waals surface area contributed by atoms with Crippen LogP contribution in [0.3, 0.4) is 0 Å². The van der Waals surface area contributed by atoms with Gasteiger partial charge in [0.05, 0.1) is 0 Å². The van der Waals surface area contributed by atoms with Gasteiger partial charge in [0.25, 0.3) is 5.92 Å². The van der Waals surface area contributed by atoms with E-state index in [-0.39, 0.29) is 36.0 Å². The van der Waals surface area contributed by atoms with Gasteiger partial charge >= 0.3 is 0 Å². The maximum atomic E-state index is 13.5. The van der Waals surface area contributed by atoms with Gasteiger partial charge in [0.2, 0.25) is 12.7 Å². The molecule has 1 N–H and O–H groups in total. The summed E-state index contributed by atoms with van der Waals surface area (Å²) in [7, 11) is 0. The summed E-state index contributed by atoms with van der Waals surface area (Å²) < 4.78 is 38.1. The molecule has 2 aliphatic heterocycles. The van der Waals surface area contributed by atoms with Crippen LogP contribution in [0, 0.1) is 17.8 Å². The zero-order chi connectivity index (χ0) is 26.4. The van der Waals surface area contributed by atoms with Crippen LogP contribution in [0.15, 0.2) is 42.5 Å². The summed E-state index contributed by atoms with van der Waals surface area (Å²) in [5.74, 6) is 0.0228. The fourth-order valence-corrected chi connectivity index (χ4v) is 6.77. The molecule has 0 bridgehead atoms. The Morgan fingerprint density at radius 2 is 1.71 bits per heavy atom. The number of nitrogens with one attached hydrogen (secondary N) is 1. The number of hydrogen-bond donors (Lipinski definition) is 1. The van der Waals surface area contributed by atoms with E-state index < -0.39 is 5.92 Å². The zero-order valence-corrected chi connectivity index (χ0v) is 21.6. The van der Waals surface area contributed by atoms with E-state index in [2.05, 4.69) is 22.3 Å². The normalized spacial score (nSPS) is 28.1. The van der Waals surface area contributed by atoms with E-state index >= 15 is 0 Å². The number of hydrogen-bond acceptors (Lipinski definition) is 5. The Kier molecular flexibility index (Phi) is 6.62. The summed E-state index contributed by atoms with van der Waals surface area (Å²) in [5, 5.41) is 2.65. The second kappa shape index (κ2) is 9.95. The SMILES string of the molecule is CC(F)(F)c1cccc(NC(=O)CCC(=O)C2[C@H]3CN(C4CCC(c5ccc6c(c5)OCO6)CC4)C[C@@H]23)c1. The van der Waals surface area contributed by atoms with Crippen molar-refractivity contribution in [3.8, 4) is 11.5 Å². The van der Waals surface area contributed by atoms with E-state index in [4.69, 9.17) is 9.47 Å². The zero-order valence-electron chi connectivity index (χ0n) is 21.6.